The Balaban J connectivity index is 0.00000264. The molecule has 1 saturated heterocycles. The van der Waals surface area contributed by atoms with Crippen molar-refractivity contribution >= 4 is 39.9 Å². The van der Waals surface area contributed by atoms with Gasteiger partial charge in [-0.05, 0) is 38.1 Å². The van der Waals surface area contributed by atoms with Gasteiger partial charge in [0.05, 0.1) is 10.9 Å². The maximum absolute atomic E-state index is 12.4. The topological polar surface area (TPSA) is 78.5 Å². The van der Waals surface area contributed by atoms with Gasteiger partial charge in [-0.25, -0.2) is 8.42 Å². The Morgan fingerprint density at radius 2 is 2.00 bits per heavy atom. The van der Waals surface area contributed by atoms with Crippen molar-refractivity contribution < 1.29 is 13.2 Å². The second kappa shape index (κ2) is 8.30. The Hall–Kier alpha value is -0.860. The average molecular weight is 382 g/mol. The van der Waals surface area contributed by atoms with E-state index in [1.54, 1.807) is 11.8 Å². The number of nitrogens with zero attached hydrogens (tertiary/aromatic N) is 1. The fraction of sp³-hybridized carbons (Fsp3) is 0.500. The number of nitrogens with one attached hydrogen (secondary N) is 2. The maximum atomic E-state index is 12.4. The normalized spacial score (nSPS) is 19.8. The van der Waals surface area contributed by atoms with Crippen molar-refractivity contribution in [2.24, 2.45) is 0 Å². The second-order valence-corrected chi connectivity index (χ2v) is 7.59. The number of rotatable bonds is 4. The smallest absolute Gasteiger partial charge is 0.241 e. The van der Waals surface area contributed by atoms with Gasteiger partial charge in [-0.2, -0.15) is 4.72 Å². The minimum atomic E-state index is -3.75. The van der Waals surface area contributed by atoms with E-state index in [2.05, 4.69) is 10.0 Å². The molecule has 1 fully saturated rings. The second-order valence-electron chi connectivity index (χ2n) is 5.44. The summed E-state index contributed by atoms with van der Waals surface area (Å²) in [6.45, 7) is 5.41. The first-order chi connectivity index (χ1) is 10.3. The summed E-state index contributed by atoms with van der Waals surface area (Å²) in [7, 11) is -3.75. The molecule has 0 aromatic heterocycles. The van der Waals surface area contributed by atoms with Crippen LogP contribution in [0, 0.1) is 0 Å². The van der Waals surface area contributed by atoms with Crippen molar-refractivity contribution in [3.63, 3.8) is 0 Å². The van der Waals surface area contributed by atoms with Gasteiger partial charge >= 0.3 is 0 Å². The minimum Gasteiger partial charge on any atom is -0.338 e. The lowest BCUT2D eigenvalue weighted by Gasteiger charge is -2.33. The first kappa shape index (κ1) is 20.2. The minimum absolute atomic E-state index is 0. The predicted octanol–water partition coefficient (Wildman–Crippen LogP) is 1.25. The fourth-order valence-corrected chi connectivity index (χ4v) is 3.69. The Bertz CT molecular complexity index is 637. The van der Waals surface area contributed by atoms with Crippen LogP contribution in [0.3, 0.4) is 0 Å². The van der Waals surface area contributed by atoms with E-state index in [1.165, 1.54) is 24.3 Å². The Morgan fingerprint density at radius 1 is 1.39 bits per heavy atom. The summed E-state index contributed by atoms with van der Waals surface area (Å²) < 4.78 is 27.0. The first-order valence-corrected chi connectivity index (χ1v) is 8.96. The number of hydrogen-bond donors (Lipinski definition) is 2. The van der Waals surface area contributed by atoms with Crippen LogP contribution in [0.1, 0.15) is 13.8 Å². The van der Waals surface area contributed by atoms with E-state index >= 15 is 0 Å². The summed E-state index contributed by atoms with van der Waals surface area (Å²) in [6, 6.07) is 5.22. The maximum Gasteiger partial charge on any atom is 0.241 e. The van der Waals surface area contributed by atoms with Crippen LogP contribution in [0.2, 0.25) is 5.02 Å². The van der Waals surface area contributed by atoms with E-state index in [0.29, 0.717) is 24.7 Å². The standard InChI is InChI=1S/C14H20ClN3O3S.ClH/c1-10-9-18(8-7-16-10)14(19)11(2)17-22(20,21)13-5-3-12(15)4-6-13;/h3-6,10-11,16-17H,7-9H2,1-2H3;1H. The van der Waals surface area contributed by atoms with Crippen LogP contribution < -0.4 is 10.0 Å². The predicted molar refractivity (Wildman–Crippen MR) is 92.5 cm³/mol. The molecule has 9 heteroatoms. The highest BCUT2D eigenvalue weighted by Crippen LogP contribution is 2.14. The number of amides is 1. The molecule has 1 aromatic carbocycles. The van der Waals surface area contributed by atoms with Crippen LogP contribution in [0.4, 0.5) is 0 Å². The molecule has 2 N–H and O–H groups in total. The fourth-order valence-electron chi connectivity index (χ4n) is 2.37. The SMILES string of the molecule is CC1CN(C(=O)C(C)NS(=O)(=O)c2ccc(Cl)cc2)CCN1.Cl. The molecule has 1 amide bonds. The molecule has 130 valence electrons. The van der Waals surface area contributed by atoms with Gasteiger partial charge in [0.1, 0.15) is 0 Å². The van der Waals surface area contributed by atoms with Gasteiger partial charge in [0, 0.05) is 30.7 Å². The molecule has 2 atom stereocenters. The number of sulfonamides is 1. The molecule has 0 spiro atoms. The van der Waals surface area contributed by atoms with Crippen LogP contribution in [-0.4, -0.2) is 50.9 Å². The highest BCUT2D eigenvalue weighted by Gasteiger charge is 2.28. The third kappa shape index (κ3) is 5.32. The molecule has 0 saturated carbocycles. The molecular weight excluding hydrogens is 361 g/mol. The van der Waals surface area contributed by atoms with Crippen LogP contribution in [0.25, 0.3) is 0 Å². The van der Waals surface area contributed by atoms with Crippen molar-refractivity contribution in [3.8, 4) is 0 Å². The number of hydrogen-bond acceptors (Lipinski definition) is 4. The van der Waals surface area contributed by atoms with Gasteiger partial charge in [0.15, 0.2) is 0 Å². The highest BCUT2D eigenvalue weighted by molar-refractivity contribution is 7.89. The van der Waals surface area contributed by atoms with Gasteiger partial charge in [0.2, 0.25) is 15.9 Å². The lowest BCUT2D eigenvalue weighted by Crippen LogP contribution is -2.55. The number of piperazine rings is 1. The number of halogens is 2. The number of benzene rings is 1. The van der Waals surface area contributed by atoms with Crippen LogP contribution in [-0.2, 0) is 14.8 Å². The van der Waals surface area contributed by atoms with Crippen LogP contribution in [0.5, 0.6) is 0 Å². The molecule has 1 heterocycles. The highest BCUT2D eigenvalue weighted by atomic mass is 35.5. The number of carbonyl (C=O) groups is 1. The molecule has 0 aliphatic carbocycles. The monoisotopic (exact) mass is 381 g/mol. The molecule has 2 rings (SSSR count). The molecule has 0 bridgehead atoms. The van der Waals surface area contributed by atoms with E-state index in [0.717, 1.165) is 0 Å². The molecule has 0 radical (unpaired) electrons. The lowest BCUT2D eigenvalue weighted by molar-refractivity contribution is -0.133. The third-order valence-corrected chi connectivity index (χ3v) is 5.32. The van der Waals surface area contributed by atoms with Crippen LogP contribution >= 0.6 is 24.0 Å². The van der Waals surface area contributed by atoms with E-state index in [4.69, 9.17) is 11.6 Å². The van der Waals surface area contributed by atoms with Crippen molar-refractivity contribution in [1.29, 1.82) is 0 Å². The largest absolute Gasteiger partial charge is 0.338 e. The summed E-state index contributed by atoms with van der Waals surface area (Å²) in [5.74, 6) is -0.217. The molecule has 2 unspecified atom stereocenters. The summed E-state index contributed by atoms with van der Waals surface area (Å²) in [5, 5.41) is 3.70. The Labute approximate surface area is 148 Å². The summed E-state index contributed by atoms with van der Waals surface area (Å²) in [4.78, 5) is 14.1. The van der Waals surface area contributed by atoms with E-state index in [1.807, 2.05) is 6.92 Å². The molecule has 1 aliphatic rings. The quantitative estimate of drug-likeness (QED) is 0.822. The van der Waals surface area contributed by atoms with Crippen LogP contribution in [0.15, 0.2) is 29.2 Å². The van der Waals surface area contributed by atoms with E-state index in [-0.39, 0.29) is 29.3 Å². The molecule has 6 nitrogen and oxygen atoms in total. The summed E-state index contributed by atoms with van der Waals surface area (Å²) in [6.07, 6.45) is 0. The van der Waals surface area contributed by atoms with Crippen molar-refractivity contribution in [2.45, 2.75) is 30.8 Å². The molecular formula is C14H21Cl2N3O3S. The zero-order valence-electron chi connectivity index (χ0n) is 13.0. The zero-order chi connectivity index (χ0) is 16.3. The third-order valence-electron chi connectivity index (χ3n) is 3.51. The Kier molecular flexibility index (Phi) is 7.29. The summed E-state index contributed by atoms with van der Waals surface area (Å²) in [5.41, 5.74) is 0. The van der Waals surface area contributed by atoms with Crippen molar-refractivity contribution in [3.05, 3.63) is 29.3 Å². The first-order valence-electron chi connectivity index (χ1n) is 7.09. The molecule has 1 aliphatic heterocycles. The lowest BCUT2D eigenvalue weighted by atomic mass is 10.2. The van der Waals surface area contributed by atoms with Crippen molar-refractivity contribution in [1.82, 2.24) is 14.9 Å². The van der Waals surface area contributed by atoms with Gasteiger partial charge in [-0.3, -0.25) is 4.79 Å². The van der Waals surface area contributed by atoms with E-state index in [9.17, 15) is 13.2 Å². The number of carbonyl (C=O) groups excluding carboxylic acids is 1. The van der Waals surface area contributed by atoms with Gasteiger partial charge < -0.3 is 10.2 Å². The van der Waals surface area contributed by atoms with Gasteiger partial charge in [0.25, 0.3) is 0 Å². The molecule has 1 aromatic rings. The zero-order valence-corrected chi connectivity index (χ0v) is 15.3. The van der Waals surface area contributed by atoms with Gasteiger partial charge in [-0.15, -0.1) is 12.4 Å². The van der Waals surface area contributed by atoms with E-state index < -0.39 is 16.1 Å². The average Bonchev–Trinajstić information content (AvgIpc) is 2.46. The van der Waals surface area contributed by atoms with Crippen molar-refractivity contribution in [2.75, 3.05) is 19.6 Å². The Morgan fingerprint density at radius 3 is 2.57 bits per heavy atom. The molecule has 23 heavy (non-hydrogen) atoms. The van der Waals surface area contributed by atoms with Gasteiger partial charge in [-0.1, -0.05) is 11.6 Å². The summed E-state index contributed by atoms with van der Waals surface area (Å²) >= 11 is 5.75.